The summed E-state index contributed by atoms with van der Waals surface area (Å²) in [5.74, 6) is 1.19. The predicted molar refractivity (Wildman–Crippen MR) is 330 cm³/mol. The molecule has 0 N–H and O–H groups in total. The number of aryl methyl sites for hydroxylation is 2. The molecule has 0 aliphatic rings. The molecular formula is C73H50F6N4Si. The number of aromatic nitrogens is 4. The Bertz CT molecular complexity index is 4430. The summed E-state index contributed by atoms with van der Waals surface area (Å²) < 4.78 is 89.9. The van der Waals surface area contributed by atoms with Gasteiger partial charge < -0.3 is 4.57 Å². The van der Waals surface area contributed by atoms with E-state index in [-0.39, 0.29) is 5.56 Å². The smallest absolute Gasteiger partial charge is 0.308 e. The highest BCUT2D eigenvalue weighted by molar-refractivity contribution is 7.19. The fourth-order valence-electron chi connectivity index (χ4n) is 11.9. The maximum absolute atomic E-state index is 15.1. The Labute approximate surface area is 482 Å². The molecule has 13 rings (SSSR count). The van der Waals surface area contributed by atoms with Crippen molar-refractivity contribution in [1.29, 1.82) is 0 Å². The molecule has 0 bridgehead atoms. The normalized spacial score (nSPS) is 12.0. The number of benzene rings is 11. The molecule has 0 unspecified atom stereocenters. The summed E-state index contributed by atoms with van der Waals surface area (Å²) in [4.78, 5) is 15.5. The minimum absolute atomic E-state index is 0.0130. The van der Waals surface area contributed by atoms with Crippen LogP contribution < -0.4 is 20.7 Å². The van der Waals surface area contributed by atoms with E-state index in [1.165, 1.54) is 33.8 Å². The molecule has 4 nitrogen and oxygen atoms in total. The maximum Gasteiger partial charge on any atom is 0.417 e. The third-order valence-corrected chi connectivity index (χ3v) is 20.6. The highest BCUT2D eigenvalue weighted by atomic mass is 28.3. The van der Waals surface area contributed by atoms with Gasteiger partial charge in [-0.1, -0.05) is 230 Å². The van der Waals surface area contributed by atoms with Gasteiger partial charge in [-0.2, -0.15) is 26.3 Å². The zero-order valence-electron chi connectivity index (χ0n) is 45.5. The third-order valence-electron chi connectivity index (χ3n) is 15.9. The molecule has 0 aliphatic carbocycles. The molecule has 0 aliphatic heterocycles. The molecule has 0 saturated heterocycles. The minimum Gasteiger partial charge on any atom is -0.308 e. The molecule has 11 aromatic carbocycles. The molecule has 13 aromatic rings. The van der Waals surface area contributed by atoms with Crippen LogP contribution >= 0.6 is 0 Å². The average Bonchev–Trinajstić information content (AvgIpc) is 1.70. The van der Waals surface area contributed by atoms with Crippen LogP contribution in [0.1, 0.15) is 22.3 Å². The number of fused-ring (bicyclic) bond motifs is 3. The van der Waals surface area contributed by atoms with Crippen molar-refractivity contribution in [2.75, 3.05) is 0 Å². The number of hydrogen-bond acceptors (Lipinski definition) is 3. The number of alkyl halides is 6. The fraction of sp³-hybridized carbons (Fsp3) is 0.0548. The van der Waals surface area contributed by atoms with Gasteiger partial charge in [0.15, 0.2) is 25.5 Å². The predicted octanol–water partition coefficient (Wildman–Crippen LogP) is 17.0. The first-order chi connectivity index (χ1) is 40.7. The summed E-state index contributed by atoms with van der Waals surface area (Å²) in [6.07, 6.45) is -9.22. The summed E-state index contributed by atoms with van der Waals surface area (Å²) in [6, 6.07) is 85.4. The lowest BCUT2D eigenvalue weighted by Gasteiger charge is -2.34. The van der Waals surface area contributed by atoms with E-state index in [9.17, 15) is 13.2 Å². The molecule has 0 atom stereocenters. The maximum atomic E-state index is 15.1. The first-order valence-electron chi connectivity index (χ1n) is 27.5. The molecule has 2 heterocycles. The molecule has 2 aromatic heterocycles. The van der Waals surface area contributed by atoms with E-state index in [1.807, 2.05) is 114 Å². The Morgan fingerprint density at radius 1 is 0.333 bits per heavy atom. The van der Waals surface area contributed by atoms with E-state index < -0.39 is 31.6 Å². The van der Waals surface area contributed by atoms with Crippen LogP contribution in [0.2, 0.25) is 0 Å². The molecule has 84 heavy (non-hydrogen) atoms. The zero-order valence-corrected chi connectivity index (χ0v) is 46.5. The Morgan fingerprint density at radius 3 is 1.29 bits per heavy atom. The lowest BCUT2D eigenvalue weighted by molar-refractivity contribution is -0.138. The molecule has 11 heteroatoms. The van der Waals surface area contributed by atoms with Gasteiger partial charge in [-0.25, -0.2) is 15.0 Å². The SMILES string of the molecule is Cc1ccc(-c2ccc3c4ccc(-c5ccc(C(F)(F)F)cc5C)cc4n(-c4cc(-c5cccc([Si](c6ccccc6)(c6ccccc6)c6ccccc6)c5)ccc4-c4nc(-c5ccccc5)nc(-c5ccccc5)n4)c3c2)c(C(F)(F)F)c1. The second-order valence-corrected chi connectivity index (χ2v) is 24.9. The molecule has 0 radical (unpaired) electrons. The van der Waals surface area contributed by atoms with Gasteiger partial charge in [0.1, 0.15) is 0 Å². The van der Waals surface area contributed by atoms with Crippen LogP contribution in [-0.2, 0) is 12.4 Å². The Balaban J connectivity index is 1.13. The van der Waals surface area contributed by atoms with Crippen molar-refractivity contribution in [3.8, 4) is 73.2 Å². The van der Waals surface area contributed by atoms with E-state index in [0.29, 0.717) is 67.6 Å². The van der Waals surface area contributed by atoms with Gasteiger partial charge in [-0.05, 0) is 116 Å². The lowest BCUT2D eigenvalue weighted by Crippen LogP contribution is -2.74. The van der Waals surface area contributed by atoms with Crippen LogP contribution in [0.4, 0.5) is 26.3 Å². The average molecular weight is 1130 g/mol. The number of nitrogens with zero attached hydrogens (tertiary/aromatic N) is 4. The molecule has 408 valence electrons. The minimum atomic E-state index is -4.67. The fourth-order valence-corrected chi connectivity index (χ4v) is 16.7. The van der Waals surface area contributed by atoms with E-state index in [1.54, 1.807) is 32.0 Å². The highest BCUT2D eigenvalue weighted by Gasteiger charge is 2.42. The van der Waals surface area contributed by atoms with Crippen molar-refractivity contribution >= 4 is 50.6 Å². The highest BCUT2D eigenvalue weighted by Crippen LogP contribution is 2.44. The molecule has 0 fully saturated rings. The number of hydrogen-bond donors (Lipinski definition) is 0. The van der Waals surface area contributed by atoms with Crippen molar-refractivity contribution < 1.29 is 26.3 Å². The summed E-state index contributed by atoms with van der Waals surface area (Å²) in [7, 11) is -3.04. The summed E-state index contributed by atoms with van der Waals surface area (Å²) in [5.41, 5.74) is 6.60. The summed E-state index contributed by atoms with van der Waals surface area (Å²) in [6.45, 7) is 3.30. The second-order valence-electron chi connectivity index (χ2n) is 21.1. The standard InChI is InChI=1S/C73H50F6N4Si/c1-47-31-36-61(65(41-47)73(77,78)79)54-34-38-63-62-37-33-53(60-40-35-55(42-48(60)2)72(74,75)76)45-66(62)83(67(63)46-54)68-44-52(32-39-64(68)71-81-69(49-19-8-3-9-20-49)80-70(82-71)50-21-10-4-11-22-50)51-23-18-30-59(43-51)84(56-24-12-5-13-25-56,57-26-14-6-15-27-57)58-28-16-7-17-29-58/h3-46H,1-2H3. The van der Waals surface area contributed by atoms with Crippen LogP contribution in [-0.4, -0.2) is 27.6 Å². The quantitative estimate of drug-likeness (QED) is 0.0736. The topological polar surface area (TPSA) is 43.6 Å². The monoisotopic (exact) mass is 1120 g/mol. The van der Waals surface area contributed by atoms with Crippen molar-refractivity contribution in [3.05, 3.63) is 289 Å². The van der Waals surface area contributed by atoms with Crippen LogP contribution in [0.15, 0.2) is 267 Å². The molecule has 0 saturated carbocycles. The zero-order chi connectivity index (χ0) is 57.7. The van der Waals surface area contributed by atoms with Gasteiger partial charge >= 0.3 is 12.4 Å². The van der Waals surface area contributed by atoms with E-state index in [0.717, 1.165) is 50.3 Å². The molecule has 0 spiro atoms. The van der Waals surface area contributed by atoms with Gasteiger partial charge in [0.05, 0.1) is 27.8 Å². The number of rotatable bonds is 11. The van der Waals surface area contributed by atoms with Crippen LogP contribution in [0, 0.1) is 13.8 Å². The lowest BCUT2D eigenvalue weighted by atomic mass is 9.96. The molecular weight excluding hydrogens is 1070 g/mol. The largest absolute Gasteiger partial charge is 0.417 e. The van der Waals surface area contributed by atoms with Gasteiger partial charge in [-0.3, -0.25) is 0 Å². The van der Waals surface area contributed by atoms with Gasteiger partial charge in [0.25, 0.3) is 0 Å². The van der Waals surface area contributed by atoms with Crippen LogP contribution in [0.5, 0.6) is 0 Å². The van der Waals surface area contributed by atoms with Crippen molar-refractivity contribution in [1.82, 2.24) is 19.5 Å². The van der Waals surface area contributed by atoms with Crippen LogP contribution in [0.25, 0.3) is 95.0 Å². The van der Waals surface area contributed by atoms with E-state index in [2.05, 4.69) is 109 Å². The van der Waals surface area contributed by atoms with Crippen molar-refractivity contribution in [2.24, 2.45) is 0 Å². The second kappa shape index (κ2) is 21.4. The van der Waals surface area contributed by atoms with Crippen molar-refractivity contribution in [3.63, 3.8) is 0 Å². The first kappa shape index (κ1) is 53.3. The molecule has 0 amide bonds. The van der Waals surface area contributed by atoms with Gasteiger partial charge in [0.2, 0.25) is 0 Å². The van der Waals surface area contributed by atoms with Crippen molar-refractivity contribution in [2.45, 2.75) is 26.2 Å². The van der Waals surface area contributed by atoms with E-state index in [4.69, 9.17) is 15.0 Å². The summed E-state index contributed by atoms with van der Waals surface area (Å²) >= 11 is 0. The third kappa shape index (κ3) is 9.75. The number of halogens is 6. The Hall–Kier alpha value is -9.97. The van der Waals surface area contributed by atoms with E-state index >= 15 is 13.2 Å². The Morgan fingerprint density at radius 2 is 0.774 bits per heavy atom. The summed E-state index contributed by atoms with van der Waals surface area (Å²) in [5, 5.41) is 6.25. The first-order valence-corrected chi connectivity index (χ1v) is 29.5. The van der Waals surface area contributed by atoms with Gasteiger partial charge in [-0.15, -0.1) is 0 Å². The van der Waals surface area contributed by atoms with Crippen LogP contribution in [0.3, 0.4) is 0 Å². The Kier molecular flexibility index (Phi) is 13.6. The van der Waals surface area contributed by atoms with Gasteiger partial charge in [0, 0.05) is 27.5 Å².